The van der Waals surface area contributed by atoms with Crippen LogP contribution >= 0.6 is 11.6 Å². The Balaban J connectivity index is 1.76. The van der Waals surface area contributed by atoms with Crippen LogP contribution in [0.5, 0.6) is 0 Å². The fraction of sp³-hybridized carbons (Fsp3) is 0.0500. The van der Waals surface area contributed by atoms with Gasteiger partial charge in [0.25, 0.3) is 5.91 Å². The standard InChI is InChI=1S/C20H13ClF2N4O3/c21-13-3-1-2-4-15(13)26-19(28)12-9-24-27-17(8-16(20(29)30)25-18(12)27)11-6-5-10(22)7-14(11)23/h1-9,17,25H,(H,26,28)(H,29,30). The number of amides is 1. The molecule has 0 radical (unpaired) electrons. The molecule has 1 aliphatic heterocycles. The normalized spacial score (nSPS) is 15.0. The summed E-state index contributed by atoms with van der Waals surface area (Å²) in [6.07, 6.45) is 2.45. The lowest BCUT2D eigenvalue weighted by molar-refractivity contribution is -0.132. The number of allylic oxidation sites excluding steroid dienone is 1. The van der Waals surface area contributed by atoms with Gasteiger partial charge >= 0.3 is 5.97 Å². The largest absolute Gasteiger partial charge is 0.477 e. The number of carboxylic acids is 1. The summed E-state index contributed by atoms with van der Waals surface area (Å²) in [5.41, 5.74) is 0.104. The van der Waals surface area contributed by atoms with Crippen molar-refractivity contribution in [2.24, 2.45) is 0 Å². The van der Waals surface area contributed by atoms with E-state index in [0.717, 1.165) is 6.07 Å². The highest BCUT2D eigenvalue weighted by molar-refractivity contribution is 6.34. The van der Waals surface area contributed by atoms with Crippen LogP contribution in [0, 0.1) is 11.6 Å². The van der Waals surface area contributed by atoms with Crippen molar-refractivity contribution < 1.29 is 23.5 Å². The Hall–Kier alpha value is -3.72. The van der Waals surface area contributed by atoms with Gasteiger partial charge in [-0.2, -0.15) is 5.10 Å². The lowest BCUT2D eigenvalue weighted by Crippen LogP contribution is -2.26. The Bertz CT molecular complexity index is 1210. The zero-order chi connectivity index (χ0) is 21.4. The molecule has 2 heterocycles. The van der Waals surface area contributed by atoms with Crippen LogP contribution in [0.15, 0.2) is 60.4 Å². The first-order chi connectivity index (χ1) is 14.3. The van der Waals surface area contributed by atoms with Gasteiger partial charge in [-0.15, -0.1) is 0 Å². The first-order valence-electron chi connectivity index (χ1n) is 8.65. The second kappa shape index (κ2) is 7.60. The number of hydrogen-bond donors (Lipinski definition) is 3. The summed E-state index contributed by atoms with van der Waals surface area (Å²) >= 11 is 6.06. The number of carboxylic acid groups (broad SMARTS) is 1. The molecule has 10 heteroatoms. The molecular weight excluding hydrogens is 418 g/mol. The van der Waals surface area contributed by atoms with Gasteiger partial charge in [0.2, 0.25) is 0 Å². The molecule has 3 aromatic rings. The van der Waals surface area contributed by atoms with Crippen molar-refractivity contribution in [3.63, 3.8) is 0 Å². The summed E-state index contributed by atoms with van der Waals surface area (Å²) in [6, 6.07) is 8.53. The van der Waals surface area contributed by atoms with Gasteiger partial charge in [0.05, 0.1) is 16.9 Å². The van der Waals surface area contributed by atoms with Gasteiger partial charge in [-0.3, -0.25) is 4.79 Å². The highest BCUT2D eigenvalue weighted by Gasteiger charge is 2.31. The van der Waals surface area contributed by atoms with Gasteiger partial charge in [-0.05, 0) is 24.3 Å². The van der Waals surface area contributed by atoms with Crippen LogP contribution in [0.2, 0.25) is 5.02 Å². The molecule has 0 saturated carbocycles. The number of carbonyl (C=O) groups is 2. The molecule has 1 amide bonds. The summed E-state index contributed by atoms with van der Waals surface area (Å²) in [4.78, 5) is 24.4. The average molecular weight is 431 g/mol. The topological polar surface area (TPSA) is 96.2 Å². The van der Waals surface area contributed by atoms with Crippen molar-refractivity contribution in [2.45, 2.75) is 6.04 Å². The molecule has 1 aromatic heterocycles. The molecule has 1 atom stereocenters. The minimum Gasteiger partial charge on any atom is -0.477 e. The van der Waals surface area contributed by atoms with Crippen molar-refractivity contribution in [2.75, 3.05) is 10.6 Å². The molecule has 3 N–H and O–H groups in total. The van der Waals surface area contributed by atoms with E-state index >= 15 is 0 Å². The zero-order valence-corrected chi connectivity index (χ0v) is 15.8. The SMILES string of the molecule is O=C(O)C1=CC(c2ccc(F)cc2F)n2ncc(C(=O)Nc3ccccc3Cl)c2N1. The second-order valence-corrected chi connectivity index (χ2v) is 6.81. The highest BCUT2D eigenvalue weighted by atomic mass is 35.5. The number of benzene rings is 2. The predicted octanol–water partition coefficient (Wildman–Crippen LogP) is 4.05. The summed E-state index contributed by atoms with van der Waals surface area (Å²) in [7, 11) is 0. The molecule has 7 nitrogen and oxygen atoms in total. The summed E-state index contributed by atoms with van der Waals surface area (Å²) < 4.78 is 29.0. The van der Waals surface area contributed by atoms with Gasteiger partial charge < -0.3 is 15.7 Å². The maximum Gasteiger partial charge on any atom is 0.352 e. The molecule has 1 aliphatic rings. The van der Waals surface area contributed by atoms with E-state index in [2.05, 4.69) is 15.7 Å². The molecule has 1 unspecified atom stereocenters. The Kier molecular flexibility index (Phi) is 4.96. The number of hydrogen-bond acceptors (Lipinski definition) is 4. The Morgan fingerprint density at radius 1 is 1.20 bits per heavy atom. The number of aromatic nitrogens is 2. The van der Waals surface area contributed by atoms with E-state index in [1.165, 1.54) is 23.0 Å². The van der Waals surface area contributed by atoms with Crippen molar-refractivity contribution in [3.05, 3.63) is 88.2 Å². The third kappa shape index (κ3) is 3.50. The van der Waals surface area contributed by atoms with Crippen molar-refractivity contribution in [1.29, 1.82) is 0 Å². The Labute approximate surface area is 173 Å². The molecular formula is C20H13ClF2N4O3. The fourth-order valence-electron chi connectivity index (χ4n) is 3.10. The number of anilines is 2. The molecule has 30 heavy (non-hydrogen) atoms. The molecule has 0 aliphatic carbocycles. The highest BCUT2D eigenvalue weighted by Crippen LogP contribution is 2.34. The number of fused-ring (bicyclic) bond motifs is 1. The van der Waals surface area contributed by atoms with Gasteiger partial charge in [-0.25, -0.2) is 18.3 Å². The van der Waals surface area contributed by atoms with Crippen LogP contribution < -0.4 is 10.6 Å². The Morgan fingerprint density at radius 3 is 2.67 bits per heavy atom. The number of carbonyl (C=O) groups excluding carboxylic acids is 1. The van der Waals surface area contributed by atoms with Crippen LogP contribution in [0.1, 0.15) is 22.0 Å². The minimum absolute atomic E-state index is 0.000869. The smallest absolute Gasteiger partial charge is 0.352 e. The van der Waals surface area contributed by atoms with Crippen LogP contribution in [-0.4, -0.2) is 26.8 Å². The quantitative estimate of drug-likeness (QED) is 0.580. The molecule has 4 rings (SSSR count). The number of halogens is 3. The van der Waals surface area contributed by atoms with E-state index in [-0.39, 0.29) is 22.6 Å². The number of para-hydroxylation sites is 1. The molecule has 0 fully saturated rings. The van der Waals surface area contributed by atoms with Crippen molar-refractivity contribution in [1.82, 2.24) is 9.78 Å². The van der Waals surface area contributed by atoms with E-state index in [4.69, 9.17) is 11.6 Å². The second-order valence-electron chi connectivity index (χ2n) is 6.41. The van der Waals surface area contributed by atoms with Gasteiger partial charge in [0.1, 0.15) is 34.8 Å². The number of nitrogens with one attached hydrogen (secondary N) is 2. The minimum atomic E-state index is -1.31. The number of nitrogens with zero attached hydrogens (tertiary/aromatic N) is 2. The lowest BCUT2D eigenvalue weighted by atomic mass is 10.0. The third-order valence-corrected chi connectivity index (χ3v) is 4.84. The summed E-state index contributed by atoms with van der Waals surface area (Å²) in [6.45, 7) is 0. The number of aliphatic carboxylic acids is 1. The molecule has 0 spiro atoms. The molecule has 152 valence electrons. The first kappa shape index (κ1) is 19.6. The van der Waals surface area contributed by atoms with Crippen molar-refractivity contribution in [3.8, 4) is 0 Å². The van der Waals surface area contributed by atoms with Crippen LogP contribution in [0.4, 0.5) is 20.3 Å². The van der Waals surface area contributed by atoms with Crippen LogP contribution in [0.3, 0.4) is 0 Å². The first-order valence-corrected chi connectivity index (χ1v) is 9.03. The number of rotatable bonds is 4. The summed E-state index contributed by atoms with van der Waals surface area (Å²) in [5, 5.41) is 19.1. The van der Waals surface area contributed by atoms with Gasteiger partial charge in [0, 0.05) is 11.6 Å². The van der Waals surface area contributed by atoms with Crippen LogP contribution in [-0.2, 0) is 4.79 Å². The molecule has 0 bridgehead atoms. The maximum atomic E-state index is 14.4. The molecule has 0 saturated heterocycles. The lowest BCUT2D eigenvalue weighted by Gasteiger charge is -2.24. The predicted molar refractivity (Wildman–Crippen MR) is 105 cm³/mol. The van der Waals surface area contributed by atoms with E-state index in [1.807, 2.05) is 0 Å². The Morgan fingerprint density at radius 2 is 1.97 bits per heavy atom. The summed E-state index contributed by atoms with van der Waals surface area (Å²) in [5.74, 6) is -3.50. The van der Waals surface area contributed by atoms with Gasteiger partial charge in [-0.1, -0.05) is 29.8 Å². The fourth-order valence-corrected chi connectivity index (χ4v) is 3.28. The molecule has 2 aromatic carbocycles. The van der Waals surface area contributed by atoms with E-state index in [0.29, 0.717) is 16.8 Å². The maximum absolute atomic E-state index is 14.4. The van der Waals surface area contributed by atoms with Crippen molar-refractivity contribution >= 4 is 35.0 Å². The third-order valence-electron chi connectivity index (χ3n) is 4.51. The zero-order valence-electron chi connectivity index (χ0n) is 15.1. The van der Waals surface area contributed by atoms with E-state index < -0.39 is 29.6 Å². The van der Waals surface area contributed by atoms with Crippen LogP contribution in [0.25, 0.3) is 0 Å². The van der Waals surface area contributed by atoms with E-state index in [9.17, 15) is 23.5 Å². The van der Waals surface area contributed by atoms with E-state index in [1.54, 1.807) is 24.3 Å². The average Bonchev–Trinajstić information content (AvgIpc) is 3.13. The van der Waals surface area contributed by atoms with Gasteiger partial charge in [0.15, 0.2) is 0 Å². The monoisotopic (exact) mass is 430 g/mol.